The van der Waals surface area contributed by atoms with Crippen molar-refractivity contribution in [1.82, 2.24) is 5.32 Å². The lowest BCUT2D eigenvalue weighted by atomic mass is 9.86. The van der Waals surface area contributed by atoms with Gasteiger partial charge >= 0.3 is 0 Å². The van der Waals surface area contributed by atoms with E-state index in [-0.39, 0.29) is 23.3 Å². The molecule has 1 atom stereocenters. The second-order valence-electron chi connectivity index (χ2n) is 7.27. The van der Waals surface area contributed by atoms with E-state index in [4.69, 9.17) is 0 Å². The predicted molar refractivity (Wildman–Crippen MR) is 91.3 cm³/mol. The quantitative estimate of drug-likeness (QED) is 0.810. The Morgan fingerprint density at radius 3 is 2.52 bits per heavy atom. The van der Waals surface area contributed by atoms with Crippen molar-refractivity contribution in [2.75, 3.05) is 16.8 Å². The van der Waals surface area contributed by atoms with E-state index in [9.17, 15) is 9.59 Å². The van der Waals surface area contributed by atoms with Crippen LogP contribution in [0.3, 0.4) is 0 Å². The Morgan fingerprint density at radius 1 is 1.22 bits per heavy atom. The van der Waals surface area contributed by atoms with Crippen LogP contribution in [-0.4, -0.2) is 24.9 Å². The molecule has 0 spiro atoms. The molecule has 2 aliphatic rings. The van der Waals surface area contributed by atoms with Crippen molar-refractivity contribution in [1.29, 1.82) is 0 Å². The van der Waals surface area contributed by atoms with Crippen molar-refractivity contribution in [3.05, 3.63) is 36.2 Å². The number of benzene rings is 1. The minimum absolute atomic E-state index is 0.0218. The van der Waals surface area contributed by atoms with E-state index in [2.05, 4.69) is 50.9 Å². The molecule has 1 fully saturated rings. The first kappa shape index (κ1) is 15.6. The number of amides is 2. The van der Waals surface area contributed by atoms with Crippen molar-refractivity contribution in [3.8, 4) is 0 Å². The van der Waals surface area contributed by atoms with Gasteiger partial charge in [0.25, 0.3) is 0 Å². The van der Waals surface area contributed by atoms with Crippen LogP contribution in [0.25, 0.3) is 0 Å². The minimum atomic E-state index is -0.390. The second kappa shape index (κ2) is 5.11. The SMILES string of the molecule is C=C1N(C)c2ccc(C(C)(C)C)cc2N1C1CCC(=O)NC1=O. The molecule has 5 nitrogen and oxygen atoms in total. The number of hydrogen-bond donors (Lipinski definition) is 1. The highest BCUT2D eigenvalue weighted by Gasteiger charge is 2.39. The van der Waals surface area contributed by atoms with Crippen LogP contribution in [0.15, 0.2) is 30.6 Å². The molecule has 23 heavy (non-hydrogen) atoms. The van der Waals surface area contributed by atoms with Gasteiger partial charge in [-0.15, -0.1) is 0 Å². The molecule has 0 radical (unpaired) electrons. The molecule has 1 aromatic rings. The van der Waals surface area contributed by atoms with Gasteiger partial charge in [0.2, 0.25) is 11.8 Å². The molecule has 0 aliphatic carbocycles. The Kier molecular flexibility index (Phi) is 3.47. The van der Waals surface area contributed by atoms with Crippen LogP contribution in [0, 0.1) is 0 Å². The monoisotopic (exact) mass is 313 g/mol. The molecule has 1 aromatic carbocycles. The number of rotatable bonds is 1. The van der Waals surface area contributed by atoms with Gasteiger partial charge in [-0.2, -0.15) is 0 Å². The fourth-order valence-electron chi connectivity index (χ4n) is 3.18. The first-order chi connectivity index (χ1) is 10.7. The standard InChI is InChI=1S/C18H23N3O2/c1-11-20(5)13-7-6-12(18(2,3)4)10-15(13)21(11)14-8-9-16(22)19-17(14)23/h6-7,10,14H,1,8-9H2,2-5H3,(H,19,22,23). The molecule has 1 saturated heterocycles. The Labute approximate surface area is 137 Å². The topological polar surface area (TPSA) is 52.6 Å². The van der Waals surface area contributed by atoms with Gasteiger partial charge < -0.3 is 9.80 Å². The van der Waals surface area contributed by atoms with Crippen molar-refractivity contribution < 1.29 is 9.59 Å². The number of carbonyl (C=O) groups excluding carboxylic acids is 2. The number of carbonyl (C=O) groups is 2. The lowest BCUT2D eigenvalue weighted by Gasteiger charge is -2.32. The van der Waals surface area contributed by atoms with Gasteiger partial charge in [-0.25, -0.2) is 0 Å². The van der Waals surface area contributed by atoms with Gasteiger partial charge in [-0.1, -0.05) is 33.4 Å². The van der Waals surface area contributed by atoms with Gasteiger partial charge in [-0.3, -0.25) is 14.9 Å². The van der Waals surface area contributed by atoms with Crippen LogP contribution in [0.2, 0.25) is 0 Å². The normalized spacial score (nSPS) is 21.6. The predicted octanol–water partition coefficient (Wildman–Crippen LogP) is 2.52. The zero-order chi connectivity index (χ0) is 16.9. The van der Waals surface area contributed by atoms with Crippen LogP contribution in [-0.2, 0) is 15.0 Å². The number of nitrogens with zero attached hydrogens (tertiary/aromatic N) is 2. The van der Waals surface area contributed by atoms with Crippen LogP contribution in [0.4, 0.5) is 11.4 Å². The highest BCUT2D eigenvalue weighted by molar-refractivity contribution is 6.03. The number of fused-ring (bicyclic) bond motifs is 1. The van der Waals surface area contributed by atoms with E-state index in [1.54, 1.807) is 0 Å². The summed E-state index contributed by atoms with van der Waals surface area (Å²) in [6, 6.07) is 5.94. The number of piperidine rings is 1. The molecule has 3 rings (SSSR count). The summed E-state index contributed by atoms with van der Waals surface area (Å²) in [6.45, 7) is 10.6. The summed E-state index contributed by atoms with van der Waals surface area (Å²) in [6.07, 6.45) is 0.870. The third kappa shape index (κ3) is 2.50. The molecule has 0 saturated carbocycles. The fraction of sp³-hybridized carbons (Fsp3) is 0.444. The first-order valence-electron chi connectivity index (χ1n) is 7.90. The third-order valence-electron chi connectivity index (χ3n) is 4.65. The number of nitrogens with one attached hydrogen (secondary N) is 1. The van der Waals surface area contributed by atoms with Crippen LogP contribution in [0.5, 0.6) is 0 Å². The van der Waals surface area contributed by atoms with E-state index in [0.29, 0.717) is 12.8 Å². The summed E-state index contributed by atoms with van der Waals surface area (Å²) >= 11 is 0. The Balaban J connectivity index is 2.05. The maximum absolute atomic E-state index is 12.3. The van der Waals surface area contributed by atoms with E-state index in [1.165, 1.54) is 5.56 Å². The fourth-order valence-corrected chi connectivity index (χ4v) is 3.18. The maximum atomic E-state index is 12.3. The summed E-state index contributed by atoms with van der Waals surface area (Å²) in [7, 11) is 1.95. The van der Waals surface area contributed by atoms with Crippen LogP contribution >= 0.6 is 0 Å². The zero-order valence-electron chi connectivity index (χ0n) is 14.1. The number of imide groups is 1. The smallest absolute Gasteiger partial charge is 0.249 e. The summed E-state index contributed by atoms with van der Waals surface area (Å²) in [5.41, 5.74) is 3.25. The second-order valence-corrected chi connectivity index (χ2v) is 7.27. The molecule has 1 N–H and O–H groups in total. The molecular formula is C18H23N3O2. The average Bonchev–Trinajstić information content (AvgIpc) is 2.71. The van der Waals surface area contributed by atoms with Gasteiger partial charge in [0.05, 0.1) is 11.4 Å². The zero-order valence-corrected chi connectivity index (χ0v) is 14.1. The van der Waals surface area contributed by atoms with Gasteiger partial charge in [-0.05, 0) is 29.5 Å². The van der Waals surface area contributed by atoms with Gasteiger partial charge in [0.1, 0.15) is 11.9 Å². The Bertz CT molecular complexity index is 703. The molecule has 0 aromatic heterocycles. The largest absolute Gasteiger partial charge is 0.330 e. The number of hydrogen-bond acceptors (Lipinski definition) is 4. The highest BCUT2D eigenvalue weighted by atomic mass is 16.2. The summed E-state index contributed by atoms with van der Waals surface area (Å²) in [5, 5.41) is 2.44. The number of anilines is 2. The minimum Gasteiger partial charge on any atom is -0.330 e. The average molecular weight is 313 g/mol. The summed E-state index contributed by atoms with van der Waals surface area (Å²) < 4.78 is 0. The molecule has 0 bridgehead atoms. The molecule has 122 valence electrons. The van der Waals surface area contributed by atoms with Crippen molar-refractivity contribution in [2.24, 2.45) is 0 Å². The molecule has 2 aliphatic heterocycles. The van der Waals surface area contributed by atoms with Crippen LogP contribution < -0.4 is 15.1 Å². The Hall–Kier alpha value is -2.30. The van der Waals surface area contributed by atoms with Crippen molar-refractivity contribution in [3.63, 3.8) is 0 Å². The highest BCUT2D eigenvalue weighted by Crippen LogP contribution is 2.44. The maximum Gasteiger partial charge on any atom is 0.249 e. The van der Waals surface area contributed by atoms with Crippen molar-refractivity contribution in [2.45, 2.75) is 45.1 Å². The van der Waals surface area contributed by atoms with Gasteiger partial charge in [0, 0.05) is 13.5 Å². The Morgan fingerprint density at radius 2 is 1.91 bits per heavy atom. The molecular weight excluding hydrogens is 290 g/mol. The summed E-state index contributed by atoms with van der Waals surface area (Å²) in [4.78, 5) is 27.7. The van der Waals surface area contributed by atoms with Gasteiger partial charge in [0.15, 0.2) is 0 Å². The lowest BCUT2D eigenvalue weighted by molar-refractivity contribution is -0.134. The molecule has 5 heteroatoms. The van der Waals surface area contributed by atoms with E-state index >= 15 is 0 Å². The molecule has 2 heterocycles. The van der Waals surface area contributed by atoms with E-state index in [0.717, 1.165) is 17.2 Å². The van der Waals surface area contributed by atoms with E-state index in [1.807, 2.05) is 16.8 Å². The molecule has 1 unspecified atom stereocenters. The van der Waals surface area contributed by atoms with E-state index < -0.39 is 0 Å². The van der Waals surface area contributed by atoms with Crippen molar-refractivity contribution >= 4 is 23.2 Å². The molecule has 2 amide bonds. The summed E-state index contributed by atoms with van der Waals surface area (Å²) in [5.74, 6) is 0.318. The lowest BCUT2D eigenvalue weighted by Crippen LogP contribution is -2.52. The van der Waals surface area contributed by atoms with Crippen LogP contribution in [0.1, 0.15) is 39.2 Å². The first-order valence-corrected chi connectivity index (χ1v) is 7.90. The third-order valence-corrected chi connectivity index (χ3v) is 4.65.